The number of aliphatic carboxylic acids is 1. The summed E-state index contributed by atoms with van der Waals surface area (Å²) in [5.41, 5.74) is -0.498. The number of carbonyl (C=O) groups is 2. The Morgan fingerprint density at radius 3 is 2.22 bits per heavy atom. The molecular weight excluding hydrogens is 234 g/mol. The minimum Gasteiger partial charge on any atom is -0.481 e. The number of carbonyl (C=O) groups excluding carboxylic acids is 1. The van der Waals surface area contributed by atoms with E-state index in [2.05, 4.69) is 5.32 Å². The maximum Gasteiger partial charge on any atom is 0.407 e. The number of ether oxygens (including phenoxy) is 1. The Hall–Kier alpha value is -1.26. The van der Waals surface area contributed by atoms with E-state index >= 15 is 0 Å². The number of alkyl carbamates (subject to hydrolysis) is 1. The molecule has 0 fully saturated rings. The Balaban J connectivity index is 3.81. The predicted octanol–water partition coefficient (Wildman–Crippen LogP) is 2.79. The third-order valence-corrected chi connectivity index (χ3v) is 2.46. The van der Waals surface area contributed by atoms with Crippen LogP contribution in [0, 0.1) is 5.92 Å². The zero-order valence-corrected chi connectivity index (χ0v) is 11.9. The van der Waals surface area contributed by atoms with E-state index in [1.165, 1.54) is 0 Å². The SMILES string of the molecule is CC(CCCC(C)C(=O)O)NC(=O)OC(C)(C)C. The molecule has 18 heavy (non-hydrogen) atoms. The van der Waals surface area contributed by atoms with Gasteiger partial charge < -0.3 is 15.2 Å². The van der Waals surface area contributed by atoms with E-state index in [9.17, 15) is 9.59 Å². The van der Waals surface area contributed by atoms with E-state index in [0.717, 1.165) is 12.8 Å². The Morgan fingerprint density at radius 1 is 1.22 bits per heavy atom. The number of carboxylic acids is 1. The Labute approximate surface area is 109 Å². The molecule has 2 atom stereocenters. The van der Waals surface area contributed by atoms with Crippen molar-refractivity contribution in [1.82, 2.24) is 5.32 Å². The van der Waals surface area contributed by atoms with Crippen molar-refractivity contribution in [1.29, 1.82) is 0 Å². The van der Waals surface area contributed by atoms with Gasteiger partial charge in [0.2, 0.25) is 0 Å². The van der Waals surface area contributed by atoms with E-state index < -0.39 is 17.7 Å². The molecule has 2 N–H and O–H groups in total. The number of nitrogens with one attached hydrogen (secondary N) is 1. The van der Waals surface area contributed by atoms with E-state index in [1.54, 1.807) is 6.92 Å². The van der Waals surface area contributed by atoms with Crippen LogP contribution >= 0.6 is 0 Å². The quantitative estimate of drug-likeness (QED) is 0.769. The summed E-state index contributed by atoms with van der Waals surface area (Å²) in [6.07, 6.45) is 1.71. The Kier molecular flexibility index (Phi) is 6.73. The highest BCUT2D eigenvalue weighted by Gasteiger charge is 2.18. The molecule has 0 heterocycles. The van der Waals surface area contributed by atoms with Gasteiger partial charge >= 0.3 is 12.1 Å². The molecule has 0 aromatic heterocycles. The molecule has 0 bridgehead atoms. The van der Waals surface area contributed by atoms with E-state index in [0.29, 0.717) is 6.42 Å². The second kappa shape index (κ2) is 7.24. The first-order valence-corrected chi connectivity index (χ1v) is 6.34. The van der Waals surface area contributed by atoms with Gasteiger partial charge in [-0.05, 0) is 40.5 Å². The van der Waals surface area contributed by atoms with Gasteiger partial charge in [-0.2, -0.15) is 0 Å². The highest BCUT2D eigenvalue weighted by molar-refractivity contribution is 5.69. The van der Waals surface area contributed by atoms with Crippen molar-refractivity contribution in [3.05, 3.63) is 0 Å². The summed E-state index contributed by atoms with van der Waals surface area (Å²) in [7, 11) is 0. The lowest BCUT2D eigenvalue weighted by molar-refractivity contribution is -0.141. The van der Waals surface area contributed by atoms with E-state index in [1.807, 2.05) is 27.7 Å². The summed E-state index contributed by atoms with van der Waals surface area (Å²) in [6, 6.07) is -0.0131. The fourth-order valence-corrected chi connectivity index (χ4v) is 1.43. The Morgan fingerprint density at radius 2 is 1.78 bits per heavy atom. The van der Waals surface area contributed by atoms with Crippen molar-refractivity contribution in [2.24, 2.45) is 5.92 Å². The van der Waals surface area contributed by atoms with Crippen molar-refractivity contribution >= 4 is 12.1 Å². The molecule has 0 aromatic carbocycles. The van der Waals surface area contributed by atoms with Gasteiger partial charge in [0.05, 0.1) is 5.92 Å². The summed E-state index contributed by atoms with van der Waals surface area (Å²) in [5.74, 6) is -1.11. The van der Waals surface area contributed by atoms with Gasteiger partial charge in [-0.25, -0.2) is 4.79 Å². The average Bonchev–Trinajstić information content (AvgIpc) is 2.13. The van der Waals surface area contributed by atoms with Gasteiger partial charge in [0.15, 0.2) is 0 Å². The molecule has 0 saturated carbocycles. The number of carboxylic acid groups (broad SMARTS) is 1. The lowest BCUT2D eigenvalue weighted by Crippen LogP contribution is -2.37. The third-order valence-electron chi connectivity index (χ3n) is 2.46. The summed E-state index contributed by atoms with van der Waals surface area (Å²) in [5, 5.41) is 11.5. The minimum atomic E-state index is -0.775. The molecule has 0 spiro atoms. The molecule has 0 radical (unpaired) electrons. The van der Waals surface area contributed by atoms with E-state index in [-0.39, 0.29) is 12.0 Å². The molecule has 0 rings (SSSR count). The molecule has 2 unspecified atom stereocenters. The largest absolute Gasteiger partial charge is 0.481 e. The lowest BCUT2D eigenvalue weighted by atomic mass is 10.0. The van der Waals surface area contributed by atoms with Gasteiger partial charge in [0, 0.05) is 6.04 Å². The van der Waals surface area contributed by atoms with Crippen molar-refractivity contribution in [3.8, 4) is 0 Å². The molecular formula is C13H25NO4. The van der Waals surface area contributed by atoms with Crippen LogP contribution in [-0.4, -0.2) is 28.8 Å². The van der Waals surface area contributed by atoms with Crippen LogP contribution < -0.4 is 5.32 Å². The molecule has 0 saturated heterocycles. The van der Waals surface area contributed by atoms with Crippen molar-refractivity contribution in [2.45, 2.75) is 65.5 Å². The monoisotopic (exact) mass is 259 g/mol. The minimum absolute atomic E-state index is 0.0131. The first-order chi connectivity index (χ1) is 8.11. The second-order valence-corrected chi connectivity index (χ2v) is 5.72. The Bertz CT molecular complexity index is 283. The van der Waals surface area contributed by atoms with Crippen LogP contribution in [-0.2, 0) is 9.53 Å². The molecule has 1 amide bonds. The third kappa shape index (κ3) is 8.84. The van der Waals surface area contributed by atoms with Gasteiger partial charge in [-0.1, -0.05) is 13.3 Å². The van der Waals surface area contributed by atoms with Gasteiger partial charge in [0.1, 0.15) is 5.60 Å². The molecule has 5 nitrogen and oxygen atoms in total. The van der Waals surface area contributed by atoms with Crippen molar-refractivity contribution in [2.75, 3.05) is 0 Å². The van der Waals surface area contributed by atoms with Crippen LogP contribution in [0.3, 0.4) is 0 Å². The molecule has 0 aliphatic rings. The normalized spacial score (nSPS) is 14.7. The van der Waals surface area contributed by atoms with Crippen LogP contribution in [0.2, 0.25) is 0 Å². The second-order valence-electron chi connectivity index (χ2n) is 5.72. The lowest BCUT2D eigenvalue weighted by Gasteiger charge is -2.22. The summed E-state index contributed by atoms with van der Waals surface area (Å²) in [6.45, 7) is 9.01. The van der Waals surface area contributed by atoms with Crippen LogP contribution in [0.1, 0.15) is 53.9 Å². The zero-order chi connectivity index (χ0) is 14.3. The van der Waals surface area contributed by atoms with Crippen molar-refractivity contribution < 1.29 is 19.4 Å². The van der Waals surface area contributed by atoms with Gasteiger partial charge in [0.25, 0.3) is 0 Å². The van der Waals surface area contributed by atoms with Crippen LogP contribution in [0.5, 0.6) is 0 Å². The molecule has 5 heteroatoms. The smallest absolute Gasteiger partial charge is 0.407 e. The van der Waals surface area contributed by atoms with Crippen LogP contribution in [0.15, 0.2) is 0 Å². The first-order valence-electron chi connectivity index (χ1n) is 6.34. The van der Waals surface area contributed by atoms with Gasteiger partial charge in [-0.3, -0.25) is 4.79 Å². The fraction of sp³-hybridized carbons (Fsp3) is 0.846. The maximum atomic E-state index is 11.4. The van der Waals surface area contributed by atoms with E-state index in [4.69, 9.17) is 9.84 Å². The zero-order valence-electron chi connectivity index (χ0n) is 11.9. The first kappa shape index (κ1) is 16.7. The maximum absolute atomic E-state index is 11.4. The number of rotatable bonds is 6. The molecule has 0 aromatic rings. The summed E-state index contributed by atoms with van der Waals surface area (Å²) >= 11 is 0. The molecule has 0 aliphatic carbocycles. The molecule has 106 valence electrons. The van der Waals surface area contributed by atoms with Gasteiger partial charge in [-0.15, -0.1) is 0 Å². The number of hydrogen-bond donors (Lipinski definition) is 2. The average molecular weight is 259 g/mol. The fourth-order valence-electron chi connectivity index (χ4n) is 1.43. The summed E-state index contributed by atoms with van der Waals surface area (Å²) < 4.78 is 5.13. The predicted molar refractivity (Wildman–Crippen MR) is 69.5 cm³/mol. The topological polar surface area (TPSA) is 75.6 Å². The molecule has 0 aliphatic heterocycles. The highest BCUT2D eigenvalue weighted by Crippen LogP contribution is 2.11. The van der Waals surface area contributed by atoms with Crippen LogP contribution in [0.4, 0.5) is 4.79 Å². The van der Waals surface area contributed by atoms with Crippen LogP contribution in [0.25, 0.3) is 0 Å². The number of amides is 1. The number of hydrogen-bond acceptors (Lipinski definition) is 3. The van der Waals surface area contributed by atoms with Crippen molar-refractivity contribution in [3.63, 3.8) is 0 Å². The standard InChI is InChI=1S/C13H25NO4/c1-9(11(15)16)7-6-8-10(2)14-12(17)18-13(3,4)5/h9-10H,6-8H2,1-5H3,(H,14,17)(H,15,16). The highest BCUT2D eigenvalue weighted by atomic mass is 16.6. The summed E-state index contributed by atoms with van der Waals surface area (Å²) in [4.78, 5) is 22.1.